The van der Waals surface area contributed by atoms with Crippen molar-refractivity contribution >= 4 is 6.03 Å². The summed E-state index contributed by atoms with van der Waals surface area (Å²) in [6.45, 7) is 6.67. The molecule has 0 radical (unpaired) electrons. The zero-order valence-electron chi connectivity index (χ0n) is 12.5. The lowest BCUT2D eigenvalue weighted by atomic mass is 10.1. The summed E-state index contributed by atoms with van der Waals surface area (Å²) >= 11 is 0. The van der Waals surface area contributed by atoms with Crippen molar-refractivity contribution in [3.05, 3.63) is 29.8 Å². The average molecular weight is 264 g/mol. The number of ether oxygens (including phenoxy) is 1. The van der Waals surface area contributed by atoms with E-state index in [1.165, 1.54) is 4.90 Å². The minimum atomic E-state index is -0.219. The minimum absolute atomic E-state index is 0.0748. The molecular formula is C15H24N2O2. The highest BCUT2D eigenvalue weighted by atomic mass is 16.5. The fourth-order valence-electron chi connectivity index (χ4n) is 1.60. The first-order valence-electron chi connectivity index (χ1n) is 6.51. The molecule has 4 nitrogen and oxygen atoms in total. The molecule has 106 valence electrons. The van der Waals surface area contributed by atoms with Crippen LogP contribution in [0.2, 0.25) is 0 Å². The SMILES string of the molecule is CN(C)C(=O)NCCc1ccccc1OC(C)(C)C. The van der Waals surface area contributed by atoms with Gasteiger partial charge in [0.1, 0.15) is 11.4 Å². The third-order valence-electron chi connectivity index (χ3n) is 2.47. The van der Waals surface area contributed by atoms with E-state index in [9.17, 15) is 4.79 Å². The van der Waals surface area contributed by atoms with Gasteiger partial charge >= 0.3 is 6.03 Å². The molecule has 0 aliphatic heterocycles. The number of hydrogen-bond donors (Lipinski definition) is 1. The van der Waals surface area contributed by atoms with Crippen molar-refractivity contribution in [1.29, 1.82) is 0 Å². The molecule has 0 bridgehead atoms. The van der Waals surface area contributed by atoms with Gasteiger partial charge in [0.2, 0.25) is 0 Å². The molecule has 0 aliphatic carbocycles. The van der Waals surface area contributed by atoms with Crippen molar-refractivity contribution in [2.24, 2.45) is 0 Å². The minimum Gasteiger partial charge on any atom is -0.488 e. The summed E-state index contributed by atoms with van der Waals surface area (Å²) in [4.78, 5) is 13.0. The van der Waals surface area contributed by atoms with Gasteiger partial charge in [0.25, 0.3) is 0 Å². The summed E-state index contributed by atoms with van der Waals surface area (Å²) in [6.07, 6.45) is 0.756. The van der Waals surface area contributed by atoms with Gasteiger partial charge in [0, 0.05) is 20.6 Å². The Balaban J connectivity index is 2.61. The Hall–Kier alpha value is -1.71. The van der Waals surface area contributed by atoms with E-state index in [1.54, 1.807) is 14.1 Å². The maximum atomic E-state index is 11.4. The first-order valence-corrected chi connectivity index (χ1v) is 6.51. The number of rotatable bonds is 4. The summed E-state index contributed by atoms with van der Waals surface area (Å²) in [5.41, 5.74) is 0.889. The van der Waals surface area contributed by atoms with Crippen LogP contribution < -0.4 is 10.1 Å². The van der Waals surface area contributed by atoms with Crippen molar-refractivity contribution in [2.45, 2.75) is 32.8 Å². The molecule has 1 rings (SSSR count). The highest BCUT2D eigenvalue weighted by molar-refractivity contribution is 5.73. The van der Waals surface area contributed by atoms with E-state index in [0.29, 0.717) is 6.54 Å². The smallest absolute Gasteiger partial charge is 0.316 e. The molecule has 1 N–H and O–H groups in total. The molecule has 0 aromatic heterocycles. The first kappa shape index (κ1) is 15.3. The van der Waals surface area contributed by atoms with E-state index >= 15 is 0 Å². The van der Waals surface area contributed by atoms with Gasteiger partial charge in [-0.15, -0.1) is 0 Å². The van der Waals surface area contributed by atoms with Gasteiger partial charge < -0.3 is 15.0 Å². The summed E-state index contributed by atoms with van der Waals surface area (Å²) in [5.74, 6) is 0.883. The Labute approximate surface area is 115 Å². The van der Waals surface area contributed by atoms with E-state index < -0.39 is 0 Å². The highest BCUT2D eigenvalue weighted by Crippen LogP contribution is 2.23. The maximum absolute atomic E-state index is 11.4. The fraction of sp³-hybridized carbons (Fsp3) is 0.533. The van der Waals surface area contributed by atoms with Crippen LogP contribution in [-0.2, 0) is 6.42 Å². The van der Waals surface area contributed by atoms with Gasteiger partial charge in [-0.3, -0.25) is 0 Å². The summed E-state index contributed by atoms with van der Waals surface area (Å²) in [5, 5.41) is 2.85. The van der Waals surface area contributed by atoms with E-state index in [0.717, 1.165) is 17.7 Å². The molecule has 0 atom stereocenters. The van der Waals surface area contributed by atoms with E-state index in [4.69, 9.17) is 4.74 Å². The Morgan fingerprint density at radius 1 is 1.26 bits per heavy atom. The van der Waals surface area contributed by atoms with Gasteiger partial charge in [-0.1, -0.05) is 18.2 Å². The number of carbonyl (C=O) groups is 1. The highest BCUT2D eigenvalue weighted by Gasteiger charge is 2.14. The number of hydrogen-bond acceptors (Lipinski definition) is 2. The first-order chi connectivity index (χ1) is 8.79. The molecule has 4 heteroatoms. The van der Waals surface area contributed by atoms with Crippen LogP contribution in [0.1, 0.15) is 26.3 Å². The number of para-hydroxylation sites is 1. The molecule has 0 saturated carbocycles. The van der Waals surface area contributed by atoms with Crippen molar-refractivity contribution in [3.63, 3.8) is 0 Å². The summed E-state index contributed by atoms with van der Waals surface area (Å²) in [6, 6.07) is 7.87. The van der Waals surface area contributed by atoms with Crippen LogP contribution in [0.3, 0.4) is 0 Å². The second-order valence-electron chi connectivity index (χ2n) is 5.70. The lowest BCUT2D eigenvalue weighted by molar-refractivity contribution is 0.129. The van der Waals surface area contributed by atoms with Crippen LogP contribution in [-0.4, -0.2) is 37.2 Å². The van der Waals surface area contributed by atoms with Gasteiger partial charge in [-0.2, -0.15) is 0 Å². The van der Waals surface area contributed by atoms with Crippen molar-refractivity contribution in [2.75, 3.05) is 20.6 Å². The van der Waals surface area contributed by atoms with Crippen LogP contribution in [0.5, 0.6) is 5.75 Å². The Morgan fingerprint density at radius 3 is 2.47 bits per heavy atom. The molecular weight excluding hydrogens is 240 g/mol. The Kier molecular flexibility index (Phi) is 5.21. The van der Waals surface area contributed by atoms with E-state index in [1.807, 2.05) is 45.0 Å². The van der Waals surface area contributed by atoms with Crippen LogP contribution in [0, 0.1) is 0 Å². The molecule has 0 aliphatic rings. The molecule has 2 amide bonds. The number of amides is 2. The van der Waals surface area contributed by atoms with Gasteiger partial charge in [-0.25, -0.2) is 4.79 Å². The summed E-state index contributed by atoms with van der Waals surface area (Å²) in [7, 11) is 3.46. The van der Waals surface area contributed by atoms with Crippen LogP contribution >= 0.6 is 0 Å². The largest absolute Gasteiger partial charge is 0.488 e. The molecule has 0 spiro atoms. The maximum Gasteiger partial charge on any atom is 0.316 e. The van der Waals surface area contributed by atoms with Gasteiger partial charge in [-0.05, 0) is 38.8 Å². The van der Waals surface area contributed by atoms with E-state index in [2.05, 4.69) is 5.32 Å². The van der Waals surface area contributed by atoms with Crippen LogP contribution in [0.4, 0.5) is 4.79 Å². The topological polar surface area (TPSA) is 41.6 Å². The second kappa shape index (κ2) is 6.45. The van der Waals surface area contributed by atoms with Crippen LogP contribution in [0.25, 0.3) is 0 Å². The van der Waals surface area contributed by atoms with Gasteiger partial charge in [0.15, 0.2) is 0 Å². The predicted octanol–water partition coefficient (Wildman–Crippen LogP) is 2.68. The van der Waals surface area contributed by atoms with E-state index in [-0.39, 0.29) is 11.6 Å². The molecule has 0 saturated heterocycles. The number of benzene rings is 1. The third kappa shape index (κ3) is 5.64. The number of urea groups is 1. The second-order valence-corrected chi connectivity index (χ2v) is 5.70. The lowest BCUT2D eigenvalue weighted by Crippen LogP contribution is -2.35. The Morgan fingerprint density at radius 2 is 1.89 bits per heavy atom. The van der Waals surface area contributed by atoms with Crippen molar-refractivity contribution in [3.8, 4) is 5.75 Å². The monoisotopic (exact) mass is 264 g/mol. The number of carbonyl (C=O) groups excluding carboxylic acids is 1. The standard InChI is InChI=1S/C15H24N2O2/c1-15(2,3)19-13-9-7-6-8-12(13)10-11-16-14(18)17(4)5/h6-9H,10-11H2,1-5H3,(H,16,18). The predicted molar refractivity (Wildman–Crippen MR) is 77.6 cm³/mol. The zero-order valence-corrected chi connectivity index (χ0v) is 12.5. The molecule has 0 heterocycles. The number of nitrogens with zero attached hydrogens (tertiary/aromatic N) is 1. The molecule has 19 heavy (non-hydrogen) atoms. The third-order valence-corrected chi connectivity index (χ3v) is 2.47. The number of nitrogens with one attached hydrogen (secondary N) is 1. The molecule has 1 aromatic rings. The van der Waals surface area contributed by atoms with Crippen molar-refractivity contribution < 1.29 is 9.53 Å². The lowest BCUT2D eigenvalue weighted by Gasteiger charge is -2.23. The normalized spacial score (nSPS) is 11.0. The summed E-state index contributed by atoms with van der Waals surface area (Å²) < 4.78 is 5.91. The zero-order chi connectivity index (χ0) is 14.5. The molecule has 0 fully saturated rings. The molecule has 0 unspecified atom stereocenters. The Bertz CT molecular complexity index is 422. The average Bonchev–Trinajstić information content (AvgIpc) is 2.29. The quantitative estimate of drug-likeness (QED) is 0.908. The van der Waals surface area contributed by atoms with Gasteiger partial charge in [0.05, 0.1) is 0 Å². The molecule has 1 aromatic carbocycles. The van der Waals surface area contributed by atoms with Crippen LogP contribution in [0.15, 0.2) is 24.3 Å². The fourth-order valence-corrected chi connectivity index (χ4v) is 1.60. The van der Waals surface area contributed by atoms with Crippen molar-refractivity contribution in [1.82, 2.24) is 10.2 Å².